The van der Waals surface area contributed by atoms with Crippen LogP contribution in [0.4, 0.5) is 0 Å². The first-order valence-electron chi connectivity index (χ1n) is 10.2. The van der Waals surface area contributed by atoms with E-state index in [1.165, 1.54) is 0 Å². The van der Waals surface area contributed by atoms with Crippen molar-refractivity contribution in [3.05, 3.63) is 64.2 Å². The monoisotopic (exact) mass is 405 g/mol. The Hall–Kier alpha value is -3.42. The minimum atomic E-state index is -0.0360. The molecule has 30 heavy (non-hydrogen) atoms. The van der Waals surface area contributed by atoms with Crippen LogP contribution in [0.3, 0.4) is 0 Å². The van der Waals surface area contributed by atoms with Crippen LogP contribution in [0.15, 0.2) is 47.4 Å². The van der Waals surface area contributed by atoms with E-state index in [0.717, 1.165) is 17.6 Å². The highest BCUT2D eigenvalue weighted by Gasteiger charge is 2.45. The number of rotatable bonds is 3. The van der Waals surface area contributed by atoms with Crippen LogP contribution in [0.5, 0.6) is 0 Å². The Morgan fingerprint density at radius 3 is 2.80 bits per heavy atom. The molecule has 5 rings (SSSR count). The number of para-hydroxylation sites is 1. The van der Waals surface area contributed by atoms with Crippen molar-refractivity contribution in [1.29, 1.82) is 0 Å². The van der Waals surface area contributed by atoms with Gasteiger partial charge in [-0.15, -0.1) is 0 Å². The molecule has 8 nitrogen and oxygen atoms in total. The predicted octanol–water partition coefficient (Wildman–Crippen LogP) is 1.41. The van der Waals surface area contributed by atoms with Gasteiger partial charge in [0.15, 0.2) is 5.43 Å². The summed E-state index contributed by atoms with van der Waals surface area (Å²) >= 11 is 0. The lowest BCUT2D eigenvalue weighted by Crippen LogP contribution is -2.66. The highest BCUT2D eigenvalue weighted by Crippen LogP contribution is 2.33. The lowest BCUT2D eigenvalue weighted by Gasteiger charge is -2.53. The number of carbonyl (C=O) groups excluding carboxylic acids is 2. The maximum Gasteiger partial charge on any atom is 0.271 e. The smallest absolute Gasteiger partial charge is 0.271 e. The van der Waals surface area contributed by atoms with Crippen LogP contribution in [-0.2, 0) is 11.3 Å². The topological polar surface area (TPSA) is 91.3 Å². The third-order valence-electron chi connectivity index (χ3n) is 6.38. The molecule has 0 saturated carbocycles. The summed E-state index contributed by atoms with van der Waals surface area (Å²) < 4.78 is 1.92. The standard InChI is InChI=1S/C22H23N5O3/c1-14-10-20(28)16-4-2-3-5-19(16)26(14)13-21(29)27-12-15-11-25(9-7-18(15)27)22(30)17-6-8-23-24-17/h2-6,8,10,15,18H,7,9,11-13H2,1H3,(H,23,24)/t15-,18-/m0/s1. The number of nitrogens with one attached hydrogen (secondary N) is 1. The molecule has 2 amide bonds. The first-order valence-corrected chi connectivity index (χ1v) is 10.2. The summed E-state index contributed by atoms with van der Waals surface area (Å²) in [6.45, 7) is 4.02. The Labute approximate surface area is 173 Å². The van der Waals surface area contributed by atoms with Crippen molar-refractivity contribution in [2.75, 3.05) is 19.6 Å². The molecule has 2 aliphatic rings. The zero-order valence-electron chi connectivity index (χ0n) is 16.7. The van der Waals surface area contributed by atoms with E-state index >= 15 is 0 Å². The fraction of sp³-hybridized carbons (Fsp3) is 0.364. The van der Waals surface area contributed by atoms with E-state index in [9.17, 15) is 14.4 Å². The van der Waals surface area contributed by atoms with E-state index in [4.69, 9.17) is 0 Å². The van der Waals surface area contributed by atoms with Gasteiger partial charge in [-0.25, -0.2) is 0 Å². The quantitative estimate of drug-likeness (QED) is 0.713. The van der Waals surface area contributed by atoms with Gasteiger partial charge < -0.3 is 14.4 Å². The first-order chi connectivity index (χ1) is 14.5. The molecule has 1 aromatic carbocycles. The van der Waals surface area contributed by atoms with E-state index in [0.29, 0.717) is 36.6 Å². The van der Waals surface area contributed by atoms with Crippen LogP contribution in [0.2, 0.25) is 0 Å². The number of carbonyl (C=O) groups is 2. The van der Waals surface area contributed by atoms with Gasteiger partial charge in [0.05, 0.1) is 5.52 Å². The first kappa shape index (κ1) is 18.6. The summed E-state index contributed by atoms with van der Waals surface area (Å²) in [5.74, 6) is 0.328. The number of H-pyrrole nitrogens is 1. The number of nitrogens with zero attached hydrogens (tertiary/aromatic N) is 4. The molecule has 0 bridgehead atoms. The van der Waals surface area contributed by atoms with Gasteiger partial charge >= 0.3 is 0 Å². The number of likely N-dealkylation sites (tertiary alicyclic amines) is 2. The molecule has 3 aromatic rings. The van der Waals surface area contributed by atoms with Crippen LogP contribution in [0.25, 0.3) is 10.9 Å². The number of benzene rings is 1. The van der Waals surface area contributed by atoms with Gasteiger partial charge in [0, 0.05) is 54.9 Å². The molecule has 8 heteroatoms. The van der Waals surface area contributed by atoms with Gasteiger partial charge in [-0.05, 0) is 31.5 Å². The summed E-state index contributed by atoms with van der Waals surface area (Å²) in [4.78, 5) is 41.6. The molecule has 2 atom stereocenters. The fourth-order valence-electron chi connectivity index (χ4n) is 4.76. The number of piperidine rings is 1. The number of fused-ring (bicyclic) bond motifs is 2. The van der Waals surface area contributed by atoms with Crippen LogP contribution >= 0.6 is 0 Å². The molecule has 2 saturated heterocycles. The molecule has 154 valence electrons. The van der Waals surface area contributed by atoms with Crippen LogP contribution in [0, 0.1) is 12.8 Å². The van der Waals surface area contributed by atoms with Crippen molar-refractivity contribution < 1.29 is 9.59 Å². The summed E-state index contributed by atoms with van der Waals surface area (Å²) in [6, 6.07) is 10.8. The minimum absolute atomic E-state index is 0.0230. The molecule has 1 N–H and O–H groups in total. The Bertz CT molecular complexity index is 1180. The summed E-state index contributed by atoms with van der Waals surface area (Å²) in [7, 11) is 0. The Kier molecular flexibility index (Phi) is 4.42. The normalized spacial score (nSPS) is 20.7. The van der Waals surface area contributed by atoms with Crippen molar-refractivity contribution >= 4 is 22.7 Å². The van der Waals surface area contributed by atoms with Gasteiger partial charge in [-0.3, -0.25) is 19.5 Å². The Morgan fingerprint density at radius 1 is 1.20 bits per heavy atom. The number of aromatic nitrogens is 3. The average molecular weight is 405 g/mol. The molecule has 0 spiro atoms. The SMILES string of the molecule is Cc1cc(=O)c2ccccc2n1CC(=O)N1C[C@@H]2CN(C(=O)c3ccn[nH]3)CC[C@@H]21. The van der Waals surface area contributed by atoms with Crippen molar-refractivity contribution in [3.8, 4) is 0 Å². The summed E-state index contributed by atoms with van der Waals surface area (Å²) in [5.41, 5.74) is 2.04. The van der Waals surface area contributed by atoms with Gasteiger partial charge in [-0.1, -0.05) is 12.1 Å². The maximum absolute atomic E-state index is 13.1. The third-order valence-corrected chi connectivity index (χ3v) is 6.38. The average Bonchev–Trinajstić information content (AvgIpc) is 3.26. The molecular weight excluding hydrogens is 382 g/mol. The zero-order chi connectivity index (χ0) is 20.8. The molecular formula is C22H23N5O3. The Morgan fingerprint density at radius 2 is 2.03 bits per heavy atom. The molecule has 4 heterocycles. The number of aromatic amines is 1. The summed E-state index contributed by atoms with van der Waals surface area (Å²) in [5, 5.41) is 7.20. The number of hydrogen-bond acceptors (Lipinski definition) is 4. The Balaban J connectivity index is 1.28. The molecule has 2 aromatic heterocycles. The van der Waals surface area contributed by atoms with E-state index in [1.807, 2.05) is 39.5 Å². The number of aryl methyl sites for hydroxylation is 1. The molecule has 0 unspecified atom stereocenters. The van der Waals surface area contributed by atoms with Gasteiger partial charge in [0.1, 0.15) is 12.2 Å². The molecule has 0 radical (unpaired) electrons. The lowest BCUT2D eigenvalue weighted by atomic mass is 9.82. The minimum Gasteiger partial charge on any atom is -0.337 e. The molecule has 2 aliphatic heterocycles. The van der Waals surface area contributed by atoms with E-state index in [2.05, 4.69) is 10.2 Å². The molecule has 2 fully saturated rings. The van der Waals surface area contributed by atoms with Crippen LogP contribution < -0.4 is 5.43 Å². The van der Waals surface area contributed by atoms with Gasteiger partial charge in [0.25, 0.3) is 5.91 Å². The maximum atomic E-state index is 13.1. The van der Waals surface area contributed by atoms with Crippen molar-refractivity contribution in [2.24, 2.45) is 5.92 Å². The van der Waals surface area contributed by atoms with Crippen molar-refractivity contribution in [3.63, 3.8) is 0 Å². The predicted molar refractivity (Wildman–Crippen MR) is 111 cm³/mol. The lowest BCUT2D eigenvalue weighted by molar-refractivity contribution is -0.147. The van der Waals surface area contributed by atoms with E-state index < -0.39 is 0 Å². The highest BCUT2D eigenvalue weighted by molar-refractivity contribution is 5.92. The zero-order valence-corrected chi connectivity index (χ0v) is 16.7. The number of amides is 2. The van der Waals surface area contributed by atoms with Gasteiger partial charge in [0.2, 0.25) is 5.91 Å². The third kappa shape index (κ3) is 2.99. The van der Waals surface area contributed by atoms with Crippen LogP contribution in [0.1, 0.15) is 22.6 Å². The number of hydrogen-bond donors (Lipinski definition) is 1. The van der Waals surface area contributed by atoms with E-state index in [-0.39, 0.29) is 29.8 Å². The molecule has 0 aliphatic carbocycles. The van der Waals surface area contributed by atoms with Crippen LogP contribution in [-0.4, -0.2) is 62.1 Å². The van der Waals surface area contributed by atoms with Gasteiger partial charge in [-0.2, -0.15) is 5.10 Å². The second-order valence-electron chi connectivity index (χ2n) is 8.14. The summed E-state index contributed by atoms with van der Waals surface area (Å²) in [6.07, 6.45) is 2.35. The second kappa shape index (κ2) is 7.12. The fourth-order valence-corrected chi connectivity index (χ4v) is 4.76. The largest absolute Gasteiger partial charge is 0.337 e. The van der Waals surface area contributed by atoms with Crippen molar-refractivity contribution in [2.45, 2.75) is 25.9 Å². The second-order valence-corrected chi connectivity index (χ2v) is 8.14. The van der Waals surface area contributed by atoms with E-state index in [1.54, 1.807) is 24.4 Å². The van der Waals surface area contributed by atoms with Crippen molar-refractivity contribution in [1.82, 2.24) is 24.6 Å². The highest BCUT2D eigenvalue weighted by atomic mass is 16.2. The number of pyridine rings is 1.